The number of nitro benzene ring substituents is 1. The first-order valence-electron chi connectivity index (χ1n) is 8.12. The molecule has 0 heterocycles. The highest BCUT2D eigenvalue weighted by molar-refractivity contribution is 5.95. The number of nitrogens with zero attached hydrogens (tertiary/aromatic N) is 2. The largest absolute Gasteiger partial charge is 0.481 e. The molecule has 0 saturated carbocycles. The zero-order valence-corrected chi connectivity index (χ0v) is 14.7. The van der Waals surface area contributed by atoms with Gasteiger partial charge in [0.05, 0.1) is 10.8 Å². The maximum absolute atomic E-state index is 12.7. The van der Waals surface area contributed by atoms with E-state index in [4.69, 9.17) is 9.84 Å². The molecule has 25 heavy (non-hydrogen) atoms. The summed E-state index contributed by atoms with van der Waals surface area (Å²) >= 11 is 0. The summed E-state index contributed by atoms with van der Waals surface area (Å²) in [5.41, 5.74) is 0.631. The number of carboxylic acid groups (broad SMARTS) is 1. The van der Waals surface area contributed by atoms with Crippen molar-refractivity contribution >= 4 is 17.6 Å². The molecule has 0 radical (unpaired) electrons. The van der Waals surface area contributed by atoms with Crippen LogP contribution in [-0.4, -0.2) is 53.1 Å². The van der Waals surface area contributed by atoms with Crippen LogP contribution in [0.5, 0.6) is 0 Å². The molecule has 0 aliphatic rings. The molecule has 0 aliphatic carbocycles. The third kappa shape index (κ3) is 6.15. The number of nitro groups is 1. The predicted molar refractivity (Wildman–Crippen MR) is 91.6 cm³/mol. The van der Waals surface area contributed by atoms with E-state index in [2.05, 4.69) is 0 Å². The van der Waals surface area contributed by atoms with Crippen molar-refractivity contribution in [1.29, 1.82) is 0 Å². The van der Waals surface area contributed by atoms with Gasteiger partial charge in [0.15, 0.2) is 0 Å². The monoisotopic (exact) mass is 352 g/mol. The average molecular weight is 352 g/mol. The summed E-state index contributed by atoms with van der Waals surface area (Å²) in [4.78, 5) is 35.7. The number of hydrogen-bond donors (Lipinski definition) is 1. The molecule has 1 N–H and O–H groups in total. The molecular formula is C17H24N2O6. The first-order valence-corrected chi connectivity index (χ1v) is 8.12. The molecule has 1 aromatic rings. The molecule has 0 aromatic heterocycles. The van der Waals surface area contributed by atoms with Crippen LogP contribution in [0.25, 0.3) is 0 Å². The molecule has 0 saturated heterocycles. The average Bonchev–Trinajstić information content (AvgIpc) is 2.56. The van der Waals surface area contributed by atoms with Gasteiger partial charge in [0, 0.05) is 43.5 Å². The van der Waals surface area contributed by atoms with E-state index in [0.717, 1.165) is 0 Å². The SMILES string of the molecule is CCOCCCN(CC(C)C(=O)O)C(=O)c1ccc([N+](=O)[O-])c(C)c1. The van der Waals surface area contributed by atoms with E-state index in [0.29, 0.717) is 37.3 Å². The number of carboxylic acids is 1. The van der Waals surface area contributed by atoms with E-state index in [1.54, 1.807) is 6.92 Å². The van der Waals surface area contributed by atoms with Crippen molar-refractivity contribution in [3.63, 3.8) is 0 Å². The van der Waals surface area contributed by atoms with Gasteiger partial charge in [-0.15, -0.1) is 0 Å². The second kappa shape index (κ2) is 9.73. The normalized spacial score (nSPS) is 11.8. The van der Waals surface area contributed by atoms with Gasteiger partial charge < -0.3 is 14.7 Å². The minimum absolute atomic E-state index is 0.0571. The minimum atomic E-state index is -0.984. The Bertz CT molecular complexity index is 632. The van der Waals surface area contributed by atoms with E-state index < -0.39 is 16.8 Å². The van der Waals surface area contributed by atoms with Crippen LogP contribution < -0.4 is 0 Å². The predicted octanol–water partition coefficient (Wildman–Crippen LogP) is 2.49. The fourth-order valence-electron chi connectivity index (χ4n) is 2.36. The Morgan fingerprint density at radius 2 is 2.08 bits per heavy atom. The number of ether oxygens (including phenoxy) is 1. The van der Waals surface area contributed by atoms with Crippen molar-refractivity contribution in [2.45, 2.75) is 27.2 Å². The summed E-state index contributed by atoms with van der Waals surface area (Å²) < 4.78 is 5.25. The van der Waals surface area contributed by atoms with Gasteiger partial charge in [0.1, 0.15) is 0 Å². The highest BCUT2D eigenvalue weighted by atomic mass is 16.6. The number of rotatable bonds is 10. The van der Waals surface area contributed by atoms with Gasteiger partial charge in [-0.2, -0.15) is 0 Å². The third-order valence-corrected chi connectivity index (χ3v) is 3.76. The third-order valence-electron chi connectivity index (χ3n) is 3.76. The Hall–Kier alpha value is -2.48. The number of carbonyl (C=O) groups is 2. The van der Waals surface area contributed by atoms with Gasteiger partial charge >= 0.3 is 5.97 Å². The standard InChI is InChI=1S/C17H24N2O6/c1-4-25-9-5-8-18(11-13(3)17(21)22)16(20)14-6-7-15(19(23)24)12(2)10-14/h6-7,10,13H,4-5,8-9,11H2,1-3H3,(H,21,22). The molecule has 8 heteroatoms. The second-order valence-electron chi connectivity index (χ2n) is 5.80. The summed E-state index contributed by atoms with van der Waals surface area (Å²) in [7, 11) is 0. The van der Waals surface area contributed by atoms with E-state index in [-0.39, 0.29) is 18.1 Å². The van der Waals surface area contributed by atoms with Gasteiger partial charge in [-0.3, -0.25) is 19.7 Å². The van der Waals surface area contributed by atoms with Gasteiger partial charge in [0.25, 0.3) is 11.6 Å². The lowest BCUT2D eigenvalue weighted by Gasteiger charge is -2.25. The van der Waals surface area contributed by atoms with E-state index in [1.165, 1.54) is 30.0 Å². The summed E-state index contributed by atoms with van der Waals surface area (Å²) in [5, 5.41) is 20.0. The smallest absolute Gasteiger partial charge is 0.308 e. The van der Waals surface area contributed by atoms with Crippen LogP contribution in [0.3, 0.4) is 0 Å². The topological polar surface area (TPSA) is 110 Å². The van der Waals surface area contributed by atoms with Crippen LogP contribution in [0.1, 0.15) is 36.2 Å². The van der Waals surface area contributed by atoms with Gasteiger partial charge in [-0.05, 0) is 32.4 Å². The van der Waals surface area contributed by atoms with Crippen molar-refractivity contribution in [2.24, 2.45) is 5.92 Å². The molecule has 1 atom stereocenters. The lowest BCUT2D eigenvalue weighted by Crippen LogP contribution is -2.38. The van der Waals surface area contributed by atoms with Crippen molar-refractivity contribution < 1.29 is 24.4 Å². The molecular weight excluding hydrogens is 328 g/mol. The lowest BCUT2D eigenvalue weighted by atomic mass is 10.1. The number of amides is 1. The van der Waals surface area contributed by atoms with Gasteiger partial charge in [-0.25, -0.2) is 0 Å². The van der Waals surface area contributed by atoms with E-state index >= 15 is 0 Å². The van der Waals surface area contributed by atoms with Crippen LogP contribution in [0.2, 0.25) is 0 Å². The fraction of sp³-hybridized carbons (Fsp3) is 0.529. The molecule has 0 bridgehead atoms. The summed E-state index contributed by atoms with van der Waals surface area (Å²) in [6.45, 7) is 6.43. The minimum Gasteiger partial charge on any atom is -0.481 e. The summed E-state index contributed by atoms with van der Waals surface area (Å²) in [6, 6.07) is 4.15. The molecule has 0 spiro atoms. The maximum Gasteiger partial charge on any atom is 0.308 e. The maximum atomic E-state index is 12.7. The molecule has 1 amide bonds. The Labute approximate surface area is 146 Å². The van der Waals surface area contributed by atoms with Gasteiger partial charge in [-0.1, -0.05) is 6.92 Å². The summed E-state index contributed by atoms with van der Waals surface area (Å²) in [6.07, 6.45) is 0.581. The van der Waals surface area contributed by atoms with E-state index in [9.17, 15) is 19.7 Å². The fourth-order valence-corrected chi connectivity index (χ4v) is 2.36. The molecule has 8 nitrogen and oxygen atoms in total. The molecule has 1 unspecified atom stereocenters. The molecule has 1 aromatic carbocycles. The number of aryl methyl sites for hydroxylation is 1. The zero-order chi connectivity index (χ0) is 19.0. The van der Waals surface area contributed by atoms with Crippen molar-refractivity contribution in [3.8, 4) is 0 Å². The van der Waals surface area contributed by atoms with Crippen LogP contribution in [0, 0.1) is 23.0 Å². The Morgan fingerprint density at radius 3 is 2.60 bits per heavy atom. The van der Waals surface area contributed by atoms with Crippen LogP contribution in [0.4, 0.5) is 5.69 Å². The van der Waals surface area contributed by atoms with Gasteiger partial charge in [0.2, 0.25) is 0 Å². The van der Waals surface area contributed by atoms with Crippen molar-refractivity contribution in [3.05, 3.63) is 39.4 Å². The number of aliphatic carboxylic acids is 1. The van der Waals surface area contributed by atoms with Crippen LogP contribution >= 0.6 is 0 Å². The number of carbonyl (C=O) groups excluding carboxylic acids is 1. The molecule has 0 fully saturated rings. The molecule has 0 aliphatic heterocycles. The van der Waals surface area contributed by atoms with Crippen LogP contribution in [0.15, 0.2) is 18.2 Å². The van der Waals surface area contributed by atoms with Crippen LogP contribution in [-0.2, 0) is 9.53 Å². The molecule has 138 valence electrons. The molecule has 1 rings (SSSR count). The number of benzene rings is 1. The number of hydrogen-bond acceptors (Lipinski definition) is 5. The highest BCUT2D eigenvalue weighted by Crippen LogP contribution is 2.20. The first-order chi connectivity index (χ1) is 11.8. The second-order valence-corrected chi connectivity index (χ2v) is 5.80. The quantitative estimate of drug-likeness (QED) is 0.393. The Morgan fingerprint density at radius 1 is 1.40 bits per heavy atom. The Kier molecular flexibility index (Phi) is 8.00. The summed E-state index contributed by atoms with van der Waals surface area (Å²) in [5.74, 6) is -2.04. The Balaban J connectivity index is 2.94. The lowest BCUT2D eigenvalue weighted by molar-refractivity contribution is -0.385. The first kappa shape index (κ1) is 20.6. The van der Waals surface area contributed by atoms with Crippen molar-refractivity contribution in [2.75, 3.05) is 26.3 Å². The van der Waals surface area contributed by atoms with E-state index in [1.807, 2.05) is 6.92 Å². The highest BCUT2D eigenvalue weighted by Gasteiger charge is 2.23. The van der Waals surface area contributed by atoms with Crippen molar-refractivity contribution in [1.82, 2.24) is 4.90 Å². The zero-order valence-electron chi connectivity index (χ0n) is 14.7.